The van der Waals surface area contributed by atoms with E-state index >= 15 is 0 Å². The molecule has 1 amide bonds. The molecule has 2 aromatic rings. The van der Waals surface area contributed by atoms with Crippen LogP contribution < -0.4 is 0 Å². The first kappa shape index (κ1) is 15.8. The number of aromatic nitrogens is 2. The lowest BCUT2D eigenvalue weighted by Crippen LogP contribution is -2.38. The molecule has 0 N–H and O–H groups in total. The fraction of sp³-hybridized carbons (Fsp3) is 0.474. The Hall–Kier alpha value is -2.10. The van der Waals surface area contributed by atoms with Crippen molar-refractivity contribution in [1.82, 2.24) is 14.7 Å². The molecule has 4 heteroatoms. The topological polar surface area (TPSA) is 38.1 Å². The van der Waals surface area contributed by atoms with Crippen LogP contribution in [-0.4, -0.2) is 33.7 Å². The van der Waals surface area contributed by atoms with Crippen LogP contribution in [0.5, 0.6) is 0 Å². The largest absolute Gasteiger partial charge is 0.337 e. The van der Waals surface area contributed by atoms with E-state index < -0.39 is 0 Å². The number of rotatable bonds is 2. The second-order valence-electron chi connectivity index (χ2n) is 6.81. The Labute approximate surface area is 138 Å². The van der Waals surface area contributed by atoms with Crippen molar-refractivity contribution < 1.29 is 4.79 Å². The van der Waals surface area contributed by atoms with Crippen LogP contribution in [0, 0.1) is 19.8 Å². The molecule has 23 heavy (non-hydrogen) atoms. The van der Waals surface area contributed by atoms with Crippen LogP contribution in [-0.2, 0) is 7.05 Å². The van der Waals surface area contributed by atoms with E-state index in [1.807, 2.05) is 18.0 Å². The Kier molecular flexibility index (Phi) is 4.24. The second kappa shape index (κ2) is 6.19. The molecule has 1 aliphatic heterocycles. The highest BCUT2D eigenvalue weighted by Crippen LogP contribution is 2.23. The molecule has 1 aromatic heterocycles. The predicted octanol–water partition coefficient (Wildman–Crippen LogP) is 3.58. The first-order valence-corrected chi connectivity index (χ1v) is 8.36. The number of benzene rings is 1. The van der Waals surface area contributed by atoms with Gasteiger partial charge < -0.3 is 4.90 Å². The summed E-state index contributed by atoms with van der Waals surface area (Å²) in [4.78, 5) is 14.7. The van der Waals surface area contributed by atoms with Crippen LogP contribution in [0.3, 0.4) is 0 Å². The molecule has 2 heterocycles. The minimum atomic E-state index is 0.0991. The minimum absolute atomic E-state index is 0.0991. The van der Waals surface area contributed by atoms with E-state index in [2.05, 4.69) is 44.1 Å². The predicted molar refractivity (Wildman–Crippen MR) is 92.4 cm³/mol. The molecule has 3 rings (SSSR count). The fourth-order valence-corrected chi connectivity index (χ4v) is 3.08. The first-order valence-electron chi connectivity index (χ1n) is 8.36. The molecule has 0 bridgehead atoms. The van der Waals surface area contributed by atoms with Crippen molar-refractivity contribution in [3.63, 3.8) is 0 Å². The summed E-state index contributed by atoms with van der Waals surface area (Å²) < 4.78 is 1.71. The maximum absolute atomic E-state index is 12.8. The normalized spacial score (nSPS) is 15.9. The minimum Gasteiger partial charge on any atom is -0.337 e. The monoisotopic (exact) mass is 311 g/mol. The quantitative estimate of drug-likeness (QED) is 0.850. The summed E-state index contributed by atoms with van der Waals surface area (Å²) in [5, 5.41) is 4.55. The third-order valence-electron chi connectivity index (χ3n) is 4.97. The van der Waals surface area contributed by atoms with E-state index in [0.29, 0.717) is 5.69 Å². The summed E-state index contributed by atoms with van der Waals surface area (Å²) in [5.41, 5.74) is 5.11. The van der Waals surface area contributed by atoms with Crippen molar-refractivity contribution in [3.05, 3.63) is 41.1 Å². The summed E-state index contributed by atoms with van der Waals surface area (Å²) in [7, 11) is 1.85. The van der Waals surface area contributed by atoms with Gasteiger partial charge in [0.2, 0.25) is 0 Å². The molecule has 1 saturated heterocycles. The number of aryl methyl sites for hydroxylation is 3. The van der Waals surface area contributed by atoms with Gasteiger partial charge in [-0.1, -0.05) is 19.1 Å². The van der Waals surface area contributed by atoms with Crippen LogP contribution in [0.2, 0.25) is 0 Å². The highest BCUT2D eigenvalue weighted by atomic mass is 16.2. The third-order valence-corrected chi connectivity index (χ3v) is 4.97. The molecule has 0 saturated carbocycles. The molecule has 1 aliphatic rings. The van der Waals surface area contributed by atoms with Gasteiger partial charge in [0.1, 0.15) is 5.69 Å². The van der Waals surface area contributed by atoms with Gasteiger partial charge in [-0.15, -0.1) is 0 Å². The van der Waals surface area contributed by atoms with Crippen LogP contribution in [0.1, 0.15) is 41.4 Å². The molecule has 1 fully saturated rings. The molecule has 0 radical (unpaired) electrons. The number of likely N-dealkylation sites (tertiary alicyclic amines) is 1. The van der Waals surface area contributed by atoms with Crippen molar-refractivity contribution in [1.29, 1.82) is 0 Å². The van der Waals surface area contributed by atoms with Gasteiger partial charge in [0.15, 0.2) is 0 Å². The van der Waals surface area contributed by atoms with E-state index in [0.717, 1.165) is 43.1 Å². The van der Waals surface area contributed by atoms with E-state index in [-0.39, 0.29) is 5.91 Å². The van der Waals surface area contributed by atoms with Gasteiger partial charge >= 0.3 is 0 Å². The average molecular weight is 311 g/mol. The first-order chi connectivity index (χ1) is 11.0. The number of amides is 1. The highest BCUT2D eigenvalue weighted by Gasteiger charge is 2.24. The van der Waals surface area contributed by atoms with Gasteiger partial charge in [-0.3, -0.25) is 9.48 Å². The number of hydrogen-bond acceptors (Lipinski definition) is 2. The lowest BCUT2D eigenvalue weighted by molar-refractivity contribution is 0.0686. The Morgan fingerprint density at radius 1 is 1.13 bits per heavy atom. The average Bonchev–Trinajstić information content (AvgIpc) is 2.92. The molecule has 0 atom stereocenters. The summed E-state index contributed by atoms with van der Waals surface area (Å²) >= 11 is 0. The molecule has 0 spiro atoms. The Morgan fingerprint density at radius 3 is 2.48 bits per heavy atom. The van der Waals surface area contributed by atoms with Gasteiger partial charge in [0, 0.05) is 25.7 Å². The molecular formula is C19H25N3O. The van der Waals surface area contributed by atoms with Crippen molar-refractivity contribution in [2.24, 2.45) is 13.0 Å². The lowest BCUT2D eigenvalue weighted by atomic mass is 9.99. The van der Waals surface area contributed by atoms with Gasteiger partial charge in [-0.05, 0) is 55.9 Å². The van der Waals surface area contributed by atoms with Crippen LogP contribution in [0.15, 0.2) is 24.3 Å². The highest BCUT2D eigenvalue weighted by molar-refractivity contribution is 5.93. The molecular weight excluding hydrogens is 286 g/mol. The van der Waals surface area contributed by atoms with Gasteiger partial charge in [0.25, 0.3) is 5.91 Å². The van der Waals surface area contributed by atoms with Crippen molar-refractivity contribution >= 4 is 5.91 Å². The van der Waals surface area contributed by atoms with Crippen molar-refractivity contribution in [3.8, 4) is 11.3 Å². The van der Waals surface area contributed by atoms with Crippen LogP contribution in [0.4, 0.5) is 0 Å². The van der Waals surface area contributed by atoms with E-state index in [4.69, 9.17) is 0 Å². The SMILES string of the molecule is Cc1ccc(-c2cc(C(=O)N3CCC(C)CC3)n(C)n2)cc1C. The number of nitrogens with zero attached hydrogens (tertiary/aromatic N) is 3. The fourth-order valence-electron chi connectivity index (χ4n) is 3.08. The van der Waals surface area contributed by atoms with Crippen LogP contribution in [0.25, 0.3) is 11.3 Å². The van der Waals surface area contributed by atoms with Crippen LogP contribution >= 0.6 is 0 Å². The third kappa shape index (κ3) is 3.16. The Bertz CT molecular complexity index is 724. The number of hydrogen-bond donors (Lipinski definition) is 0. The van der Waals surface area contributed by atoms with Crippen molar-refractivity contribution in [2.75, 3.05) is 13.1 Å². The van der Waals surface area contributed by atoms with Crippen molar-refractivity contribution in [2.45, 2.75) is 33.6 Å². The molecule has 0 aliphatic carbocycles. The lowest BCUT2D eigenvalue weighted by Gasteiger charge is -2.30. The zero-order valence-corrected chi connectivity index (χ0v) is 14.5. The van der Waals surface area contributed by atoms with Gasteiger partial charge in [-0.25, -0.2) is 0 Å². The summed E-state index contributed by atoms with van der Waals surface area (Å²) in [5.74, 6) is 0.818. The number of carbonyl (C=O) groups excluding carboxylic acids is 1. The number of carbonyl (C=O) groups is 1. The summed E-state index contributed by atoms with van der Waals surface area (Å²) in [6.07, 6.45) is 2.18. The smallest absolute Gasteiger partial charge is 0.272 e. The maximum atomic E-state index is 12.8. The molecule has 0 unspecified atom stereocenters. The zero-order chi connectivity index (χ0) is 16.6. The Balaban J connectivity index is 1.85. The van der Waals surface area contributed by atoms with E-state index in [9.17, 15) is 4.79 Å². The zero-order valence-electron chi connectivity index (χ0n) is 14.5. The number of piperidine rings is 1. The summed E-state index contributed by atoms with van der Waals surface area (Å²) in [6, 6.07) is 8.23. The standard InChI is InChI=1S/C19H25N3O/c1-13-7-9-22(10-8-13)19(23)18-12-17(20-21(18)4)16-6-5-14(2)15(3)11-16/h5-6,11-13H,7-10H2,1-4H3. The van der Waals surface area contributed by atoms with E-state index in [1.54, 1.807) is 4.68 Å². The van der Waals surface area contributed by atoms with E-state index in [1.165, 1.54) is 11.1 Å². The molecule has 4 nitrogen and oxygen atoms in total. The Morgan fingerprint density at radius 2 is 1.83 bits per heavy atom. The molecule has 1 aromatic carbocycles. The van der Waals surface area contributed by atoms with Gasteiger partial charge in [0.05, 0.1) is 5.69 Å². The summed E-state index contributed by atoms with van der Waals surface area (Å²) in [6.45, 7) is 8.16. The second-order valence-corrected chi connectivity index (χ2v) is 6.81. The molecule has 122 valence electrons. The maximum Gasteiger partial charge on any atom is 0.272 e. The van der Waals surface area contributed by atoms with Gasteiger partial charge in [-0.2, -0.15) is 5.10 Å².